The van der Waals surface area contributed by atoms with E-state index in [9.17, 15) is 4.21 Å². The van der Waals surface area contributed by atoms with Crippen molar-refractivity contribution in [3.63, 3.8) is 0 Å². The molecule has 5 heteroatoms. The van der Waals surface area contributed by atoms with Crippen LogP contribution in [0.25, 0.3) is 0 Å². The molecule has 0 aromatic heterocycles. The van der Waals surface area contributed by atoms with Crippen LogP contribution in [0.5, 0.6) is 0 Å². The fraction of sp³-hybridized carbons (Fsp3) is 0.300. The number of aryl methyl sites for hydroxylation is 1. The lowest BCUT2D eigenvalue weighted by Crippen LogP contribution is -1.98. The molecule has 15 heavy (non-hydrogen) atoms. The van der Waals surface area contributed by atoms with Gasteiger partial charge in [-0.1, -0.05) is 28.1 Å². The van der Waals surface area contributed by atoms with Crippen molar-refractivity contribution in [1.29, 1.82) is 5.26 Å². The summed E-state index contributed by atoms with van der Waals surface area (Å²) in [6.45, 7) is 0. The maximum Gasteiger partial charge on any atom is 0.157 e. The minimum absolute atomic E-state index is 0.0114. The first-order valence-corrected chi connectivity index (χ1v) is 6.72. The van der Waals surface area contributed by atoms with Crippen LogP contribution in [0.2, 0.25) is 0 Å². The predicted octanol–water partition coefficient (Wildman–Crippen LogP) is 2.22. The minimum atomic E-state index is -1.90. The molecular formula is C10H10BrNO2S. The Labute approximate surface area is 99.5 Å². The third kappa shape index (κ3) is 3.74. The van der Waals surface area contributed by atoms with E-state index in [2.05, 4.69) is 15.9 Å². The smallest absolute Gasteiger partial charge is 0.157 e. The zero-order chi connectivity index (χ0) is 11.3. The summed E-state index contributed by atoms with van der Waals surface area (Å²) in [4.78, 5) is 0. The average Bonchev–Trinajstić information content (AvgIpc) is 2.20. The third-order valence-corrected chi connectivity index (χ3v) is 2.91. The molecule has 1 atom stereocenters. The lowest BCUT2D eigenvalue weighted by Gasteiger charge is -2.04. The molecule has 1 aromatic rings. The summed E-state index contributed by atoms with van der Waals surface area (Å²) in [5.74, 6) is 0.0114. The quantitative estimate of drug-likeness (QED) is 0.682. The van der Waals surface area contributed by atoms with Crippen LogP contribution < -0.4 is 0 Å². The summed E-state index contributed by atoms with van der Waals surface area (Å²) in [6.07, 6.45) is 0.844. The monoisotopic (exact) mass is 287 g/mol. The van der Waals surface area contributed by atoms with Crippen molar-refractivity contribution in [2.75, 3.05) is 5.33 Å². The summed E-state index contributed by atoms with van der Waals surface area (Å²) in [6, 6.07) is 7.43. The van der Waals surface area contributed by atoms with E-state index < -0.39 is 11.1 Å². The molecule has 0 saturated heterocycles. The van der Waals surface area contributed by atoms with Gasteiger partial charge in [-0.2, -0.15) is 5.26 Å². The van der Waals surface area contributed by atoms with Gasteiger partial charge in [0.15, 0.2) is 11.1 Å². The highest BCUT2D eigenvalue weighted by molar-refractivity contribution is 9.09. The van der Waals surface area contributed by atoms with Crippen LogP contribution in [0.4, 0.5) is 0 Å². The fourth-order valence-corrected chi connectivity index (χ4v) is 2.23. The molecule has 0 radical (unpaired) electrons. The second kappa shape index (κ2) is 6.01. The molecule has 0 amide bonds. The first-order chi connectivity index (χ1) is 7.17. The first-order valence-electron chi connectivity index (χ1n) is 4.32. The first kappa shape index (κ1) is 12.4. The standard InChI is InChI=1S/C10H10BrNO2S/c11-4-3-8-1-2-9(7-15(13)14)10(5-8)6-12/h1-2,5H,3-4,7H2,(H,13,14). The Morgan fingerprint density at radius 1 is 1.53 bits per heavy atom. The topological polar surface area (TPSA) is 61.1 Å². The summed E-state index contributed by atoms with van der Waals surface area (Å²) >= 11 is 1.42. The van der Waals surface area contributed by atoms with Crippen LogP contribution in [0.1, 0.15) is 16.7 Å². The van der Waals surface area contributed by atoms with Gasteiger partial charge in [-0.15, -0.1) is 0 Å². The molecule has 0 heterocycles. The normalized spacial score (nSPS) is 12.1. The molecule has 1 rings (SSSR count). The Morgan fingerprint density at radius 3 is 2.80 bits per heavy atom. The van der Waals surface area contributed by atoms with Crippen LogP contribution in [0, 0.1) is 11.3 Å². The maximum absolute atomic E-state index is 10.6. The van der Waals surface area contributed by atoms with Gasteiger partial charge in [0.05, 0.1) is 17.4 Å². The fourth-order valence-electron chi connectivity index (χ4n) is 1.25. The number of nitriles is 1. The van der Waals surface area contributed by atoms with Crippen molar-refractivity contribution < 1.29 is 8.76 Å². The summed E-state index contributed by atoms with van der Waals surface area (Å²) < 4.78 is 19.4. The zero-order valence-electron chi connectivity index (χ0n) is 7.94. The highest BCUT2D eigenvalue weighted by Gasteiger charge is 2.06. The molecule has 0 bridgehead atoms. The molecule has 0 saturated carbocycles. The van der Waals surface area contributed by atoms with E-state index in [1.54, 1.807) is 12.1 Å². The Kier molecular flexibility index (Phi) is 4.95. The maximum atomic E-state index is 10.6. The van der Waals surface area contributed by atoms with Gasteiger partial charge < -0.3 is 4.55 Å². The molecule has 1 aromatic carbocycles. The van der Waals surface area contributed by atoms with Crippen molar-refractivity contribution in [2.45, 2.75) is 12.2 Å². The molecule has 1 unspecified atom stereocenters. The van der Waals surface area contributed by atoms with Crippen molar-refractivity contribution in [3.05, 3.63) is 34.9 Å². The van der Waals surface area contributed by atoms with Crippen LogP contribution in [0.3, 0.4) is 0 Å². The molecule has 0 aliphatic rings. The number of halogens is 1. The van der Waals surface area contributed by atoms with E-state index in [-0.39, 0.29) is 5.75 Å². The second-order valence-electron chi connectivity index (χ2n) is 3.01. The summed E-state index contributed by atoms with van der Waals surface area (Å²) in [5.41, 5.74) is 2.16. The number of alkyl halides is 1. The van der Waals surface area contributed by atoms with Crippen LogP contribution in [-0.4, -0.2) is 14.1 Å². The Hall–Kier alpha value is -0.700. The molecule has 0 aliphatic carbocycles. The van der Waals surface area contributed by atoms with Gasteiger partial charge in [-0.3, -0.25) is 0 Å². The van der Waals surface area contributed by atoms with Crippen molar-refractivity contribution in [3.8, 4) is 6.07 Å². The van der Waals surface area contributed by atoms with Gasteiger partial charge in [0.25, 0.3) is 0 Å². The Bertz CT molecular complexity index is 414. The largest absolute Gasteiger partial charge is 0.306 e. The van der Waals surface area contributed by atoms with Crippen LogP contribution >= 0.6 is 15.9 Å². The van der Waals surface area contributed by atoms with Gasteiger partial charge >= 0.3 is 0 Å². The third-order valence-electron chi connectivity index (χ3n) is 1.96. The molecule has 0 aliphatic heterocycles. The van der Waals surface area contributed by atoms with E-state index >= 15 is 0 Å². The average molecular weight is 288 g/mol. The molecule has 3 nitrogen and oxygen atoms in total. The lowest BCUT2D eigenvalue weighted by molar-refractivity contribution is 0.563. The predicted molar refractivity (Wildman–Crippen MR) is 63.1 cm³/mol. The number of benzene rings is 1. The van der Waals surface area contributed by atoms with Gasteiger partial charge in [0, 0.05) is 5.33 Å². The van der Waals surface area contributed by atoms with Gasteiger partial charge in [0.2, 0.25) is 0 Å². The second-order valence-corrected chi connectivity index (χ2v) is 4.73. The Morgan fingerprint density at radius 2 is 2.27 bits per heavy atom. The van der Waals surface area contributed by atoms with E-state index in [1.165, 1.54) is 0 Å². The lowest BCUT2D eigenvalue weighted by atomic mass is 10.0. The summed E-state index contributed by atoms with van der Waals surface area (Å²) in [5, 5.41) is 9.72. The minimum Gasteiger partial charge on any atom is -0.306 e. The van der Waals surface area contributed by atoms with Crippen LogP contribution in [0.15, 0.2) is 18.2 Å². The number of hydrogen-bond acceptors (Lipinski definition) is 2. The number of hydrogen-bond donors (Lipinski definition) is 1. The molecule has 1 N–H and O–H groups in total. The van der Waals surface area contributed by atoms with Gasteiger partial charge in [0.1, 0.15) is 0 Å². The number of nitrogens with zero attached hydrogens (tertiary/aromatic N) is 1. The number of rotatable bonds is 4. The van der Waals surface area contributed by atoms with E-state index in [4.69, 9.17) is 9.81 Å². The molecule has 0 spiro atoms. The van der Waals surface area contributed by atoms with Gasteiger partial charge in [-0.25, -0.2) is 4.21 Å². The Balaban J connectivity index is 2.99. The van der Waals surface area contributed by atoms with Crippen molar-refractivity contribution in [2.24, 2.45) is 0 Å². The van der Waals surface area contributed by atoms with E-state index in [1.807, 2.05) is 12.1 Å². The van der Waals surface area contributed by atoms with E-state index in [0.717, 1.165) is 17.3 Å². The SMILES string of the molecule is N#Cc1cc(CCBr)ccc1CS(=O)O. The van der Waals surface area contributed by atoms with Crippen LogP contribution in [-0.2, 0) is 23.3 Å². The molecule has 80 valence electrons. The van der Waals surface area contributed by atoms with Crippen molar-refractivity contribution >= 4 is 27.0 Å². The highest BCUT2D eigenvalue weighted by Crippen LogP contribution is 2.14. The zero-order valence-corrected chi connectivity index (χ0v) is 10.3. The van der Waals surface area contributed by atoms with Crippen molar-refractivity contribution in [1.82, 2.24) is 0 Å². The van der Waals surface area contributed by atoms with E-state index in [0.29, 0.717) is 11.1 Å². The highest BCUT2D eigenvalue weighted by atomic mass is 79.9. The molecular weight excluding hydrogens is 278 g/mol. The summed E-state index contributed by atoms with van der Waals surface area (Å²) in [7, 11) is 0. The molecule has 0 fully saturated rings. The van der Waals surface area contributed by atoms with Gasteiger partial charge in [-0.05, 0) is 23.6 Å².